The first-order valence-corrected chi connectivity index (χ1v) is 10.8. The normalized spacial score (nSPS) is 24.3. The zero-order valence-electron chi connectivity index (χ0n) is 14.7. The van der Waals surface area contributed by atoms with Crippen molar-refractivity contribution < 1.29 is 13.2 Å². The number of hydrogen-bond acceptors (Lipinski definition) is 3. The maximum Gasteiger partial charge on any atom is 0.239 e. The largest absolute Gasteiger partial charge is 0.354 e. The van der Waals surface area contributed by atoms with Gasteiger partial charge in [-0.2, -0.15) is 0 Å². The van der Waals surface area contributed by atoms with Crippen LogP contribution in [0.2, 0.25) is 0 Å². The number of sulfonamides is 1. The Bertz CT molecular complexity index is 977. The van der Waals surface area contributed by atoms with Crippen LogP contribution in [-0.4, -0.2) is 31.7 Å². The molecule has 138 valence electrons. The Kier molecular flexibility index (Phi) is 4.26. The van der Waals surface area contributed by atoms with E-state index in [4.69, 9.17) is 0 Å². The molecule has 6 nitrogen and oxygen atoms in total. The Hall–Kier alpha value is -2.28. The minimum absolute atomic E-state index is 0.0178. The summed E-state index contributed by atoms with van der Waals surface area (Å²) in [4.78, 5) is 12.4. The van der Waals surface area contributed by atoms with Gasteiger partial charge >= 0.3 is 0 Å². The topological polar surface area (TPSA) is 80.2 Å². The van der Waals surface area contributed by atoms with E-state index in [2.05, 4.69) is 22.2 Å². The number of anilines is 1. The number of nitrogens with one attached hydrogen (secondary N) is 2. The predicted molar refractivity (Wildman–Crippen MR) is 102 cm³/mol. The van der Waals surface area contributed by atoms with Gasteiger partial charge in [0.25, 0.3) is 0 Å². The summed E-state index contributed by atoms with van der Waals surface area (Å²) < 4.78 is 27.4. The first kappa shape index (κ1) is 17.1. The van der Waals surface area contributed by atoms with Crippen molar-refractivity contribution in [3.05, 3.63) is 42.6 Å². The molecule has 0 aliphatic heterocycles. The van der Waals surface area contributed by atoms with Gasteiger partial charge in [-0.1, -0.05) is 18.2 Å². The van der Waals surface area contributed by atoms with Crippen LogP contribution in [0.4, 0.5) is 5.69 Å². The van der Waals surface area contributed by atoms with Gasteiger partial charge in [0.2, 0.25) is 15.9 Å². The summed E-state index contributed by atoms with van der Waals surface area (Å²) in [5.74, 6) is 1.87. The highest BCUT2D eigenvalue weighted by Crippen LogP contribution is 2.42. The Morgan fingerprint density at radius 1 is 1.23 bits per heavy atom. The number of benzene rings is 1. The van der Waals surface area contributed by atoms with E-state index in [0.717, 1.165) is 23.7 Å². The molecular weight excluding hydrogens is 350 g/mol. The van der Waals surface area contributed by atoms with Gasteiger partial charge in [-0.05, 0) is 48.8 Å². The fraction of sp³-hybridized carbons (Fsp3) is 0.421. The lowest BCUT2D eigenvalue weighted by molar-refractivity contribution is -0.121. The molecule has 1 amide bonds. The molecule has 1 aromatic heterocycles. The summed E-state index contributed by atoms with van der Waals surface area (Å²) in [5, 5.41) is 3.84. The fourth-order valence-electron chi connectivity index (χ4n) is 4.23. The van der Waals surface area contributed by atoms with E-state index < -0.39 is 10.0 Å². The van der Waals surface area contributed by atoms with Gasteiger partial charge in [0.1, 0.15) is 6.54 Å². The lowest BCUT2D eigenvalue weighted by atomic mass is 9.94. The number of nitrogens with zero attached hydrogens (tertiary/aromatic N) is 1. The second kappa shape index (κ2) is 6.46. The lowest BCUT2D eigenvalue weighted by Gasteiger charge is -2.18. The molecule has 4 rings (SSSR count). The van der Waals surface area contributed by atoms with Gasteiger partial charge in [0.15, 0.2) is 0 Å². The van der Waals surface area contributed by atoms with Crippen LogP contribution in [0.3, 0.4) is 0 Å². The Balaban J connectivity index is 1.43. The highest BCUT2D eigenvalue weighted by Gasteiger charge is 2.35. The van der Waals surface area contributed by atoms with Crippen LogP contribution in [0.5, 0.6) is 0 Å². The fourth-order valence-corrected chi connectivity index (χ4v) is 4.81. The van der Waals surface area contributed by atoms with Crippen LogP contribution in [0.25, 0.3) is 10.9 Å². The summed E-state index contributed by atoms with van der Waals surface area (Å²) in [5.41, 5.74) is 1.36. The van der Waals surface area contributed by atoms with E-state index in [1.807, 2.05) is 22.9 Å². The third kappa shape index (κ3) is 3.49. The van der Waals surface area contributed by atoms with Crippen molar-refractivity contribution in [2.45, 2.75) is 19.4 Å². The molecule has 26 heavy (non-hydrogen) atoms. The van der Waals surface area contributed by atoms with Crippen molar-refractivity contribution >= 4 is 32.5 Å². The molecule has 0 saturated heterocycles. The van der Waals surface area contributed by atoms with Gasteiger partial charge in [0, 0.05) is 18.1 Å². The van der Waals surface area contributed by atoms with E-state index in [9.17, 15) is 13.2 Å². The summed E-state index contributed by atoms with van der Waals surface area (Å²) in [6.07, 6.45) is 9.95. The maximum absolute atomic E-state index is 12.4. The van der Waals surface area contributed by atoms with Crippen LogP contribution in [0.1, 0.15) is 12.8 Å². The molecular formula is C19H23N3O3S. The van der Waals surface area contributed by atoms with E-state index in [1.54, 1.807) is 12.1 Å². The number of hydrogen-bond donors (Lipinski definition) is 2. The molecule has 2 aliphatic rings. The minimum atomic E-state index is -3.35. The number of rotatable bonds is 6. The summed E-state index contributed by atoms with van der Waals surface area (Å²) in [6.45, 7) is 0.951. The van der Waals surface area contributed by atoms with Crippen molar-refractivity contribution in [1.29, 1.82) is 0 Å². The second-order valence-corrected chi connectivity index (χ2v) is 9.15. The van der Waals surface area contributed by atoms with Crippen LogP contribution >= 0.6 is 0 Å². The SMILES string of the molecule is CS(=O)(=O)Nc1cccc2c1ccn2CC(=O)NCC1CC2C=CC1C2. The smallest absolute Gasteiger partial charge is 0.239 e. The number of aromatic nitrogens is 1. The molecule has 0 spiro atoms. The maximum atomic E-state index is 12.4. The number of carbonyl (C=O) groups is 1. The molecule has 3 unspecified atom stereocenters. The first-order chi connectivity index (χ1) is 12.4. The highest BCUT2D eigenvalue weighted by molar-refractivity contribution is 7.92. The third-order valence-electron chi connectivity index (χ3n) is 5.40. The van der Waals surface area contributed by atoms with Gasteiger partial charge in [-0.25, -0.2) is 8.42 Å². The van der Waals surface area contributed by atoms with E-state index in [0.29, 0.717) is 23.4 Å². The Morgan fingerprint density at radius 3 is 2.77 bits per heavy atom. The lowest BCUT2D eigenvalue weighted by Crippen LogP contribution is -2.33. The van der Waals surface area contributed by atoms with Gasteiger partial charge in [0.05, 0.1) is 17.5 Å². The van der Waals surface area contributed by atoms with Crippen molar-refractivity contribution in [2.24, 2.45) is 17.8 Å². The van der Waals surface area contributed by atoms with Crippen LogP contribution in [0, 0.1) is 17.8 Å². The molecule has 3 atom stereocenters. The molecule has 1 aromatic carbocycles. The predicted octanol–water partition coefficient (Wildman–Crippen LogP) is 2.34. The van der Waals surface area contributed by atoms with Gasteiger partial charge in [-0.15, -0.1) is 0 Å². The molecule has 7 heteroatoms. The molecule has 1 heterocycles. The monoisotopic (exact) mass is 373 g/mol. The summed E-state index contributed by atoms with van der Waals surface area (Å²) >= 11 is 0. The number of fused-ring (bicyclic) bond motifs is 3. The quantitative estimate of drug-likeness (QED) is 0.763. The molecule has 1 saturated carbocycles. The van der Waals surface area contributed by atoms with Gasteiger partial charge < -0.3 is 9.88 Å². The molecule has 2 N–H and O–H groups in total. The summed E-state index contributed by atoms with van der Waals surface area (Å²) in [6, 6.07) is 7.22. The average Bonchev–Trinajstić information content (AvgIpc) is 3.28. The first-order valence-electron chi connectivity index (χ1n) is 8.90. The molecule has 1 fully saturated rings. The molecule has 2 aromatic rings. The third-order valence-corrected chi connectivity index (χ3v) is 5.99. The Labute approximate surface area is 153 Å². The van der Waals surface area contributed by atoms with Crippen molar-refractivity contribution in [3.8, 4) is 0 Å². The molecule has 2 bridgehead atoms. The van der Waals surface area contributed by atoms with E-state index >= 15 is 0 Å². The zero-order chi connectivity index (χ0) is 18.3. The number of carbonyl (C=O) groups excluding carboxylic acids is 1. The highest BCUT2D eigenvalue weighted by atomic mass is 32.2. The van der Waals surface area contributed by atoms with Crippen LogP contribution in [-0.2, 0) is 21.4 Å². The van der Waals surface area contributed by atoms with Crippen LogP contribution in [0.15, 0.2) is 42.6 Å². The van der Waals surface area contributed by atoms with E-state index in [1.165, 1.54) is 12.8 Å². The summed E-state index contributed by atoms with van der Waals surface area (Å²) in [7, 11) is -3.35. The number of allylic oxidation sites excluding steroid dienone is 2. The molecule has 0 radical (unpaired) electrons. The van der Waals surface area contributed by atoms with E-state index in [-0.39, 0.29) is 12.5 Å². The zero-order valence-corrected chi connectivity index (χ0v) is 15.5. The number of amides is 1. The minimum Gasteiger partial charge on any atom is -0.354 e. The van der Waals surface area contributed by atoms with Crippen molar-refractivity contribution in [3.63, 3.8) is 0 Å². The van der Waals surface area contributed by atoms with Crippen molar-refractivity contribution in [1.82, 2.24) is 9.88 Å². The second-order valence-electron chi connectivity index (χ2n) is 7.40. The average molecular weight is 373 g/mol. The van der Waals surface area contributed by atoms with Crippen molar-refractivity contribution in [2.75, 3.05) is 17.5 Å². The van der Waals surface area contributed by atoms with Gasteiger partial charge in [-0.3, -0.25) is 9.52 Å². The standard InChI is InChI=1S/C19H23N3O3S/c1-26(24,25)21-17-3-2-4-18-16(17)7-8-22(18)12-19(23)20-11-15-10-13-5-6-14(15)9-13/h2-8,13-15,21H,9-12H2,1H3,(H,20,23). The Morgan fingerprint density at radius 2 is 2.08 bits per heavy atom. The molecule has 2 aliphatic carbocycles. The van der Waals surface area contributed by atoms with Crippen LogP contribution < -0.4 is 10.0 Å².